The molecule has 7 heteroatoms. The summed E-state index contributed by atoms with van der Waals surface area (Å²) >= 11 is 7.41. The maximum Gasteiger partial charge on any atom is 0.253 e. The summed E-state index contributed by atoms with van der Waals surface area (Å²) in [6.07, 6.45) is 2.77. The quantitative estimate of drug-likeness (QED) is 0.813. The van der Waals surface area contributed by atoms with Crippen LogP contribution in [0.15, 0.2) is 24.3 Å². The summed E-state index contributed by atoms with van der Waals surface area (Å²) in [5.41, 5.74) is 1.38. The fourth-order valence-corrected chi connectivity index (χ4v) is 3.02. The van der Waals surface area contributed by atoms with Gasteiger partial charge in [0.2, 0.25) is 0 Å². The molecule has 3 rings (SSSR count). The van der Waals surface area contributed by atoms with Gasteiger partial charge in [-0.05, 0) is 18.6 Å². The number of thiophene rings is 1. The molecule has 2 aromatic heterocycles. The smallest absolute Gasteiger partial charge is 0.253 e. The van der Waals surface area contributed by atoms with E-state index in [9.17, 15) is 4.79 Å². The van der Waals surface area contributed by atoms with Gasteiger partial charge >= 0.3 is 0 Å². The molecule has 3 heterocycles. The Labute approximate surface area is 125 Å². The molecule has 0 atom stereocenters. The Morgan fingerprint density at radius 2 is 2.35 bits per heavy atom. The first-order valence-corrected chi connectivity index (χ1v) is 7.44. The van der Waals surface area contributed by atoms with Crippen LogP contribution < -0.4 is 10.6 Å². The monoisotopic (exact) mass is 308 g/mol. The van der Waals surface area contributed by atoms with E-state index in [1.807, 2.05) is 24.3 Å². The zero-order chi connectivity index (χ0) is 13.9. The van der Waals surface area contributed by atoms with E-state index in [2.05, 4.69) is 20.8 Å². The Morgan fingerprint density at radius 3 is 3.10 bits per heavy atom. The van der Waals surface area contributed by atoms with Crippen molar-refractivity contribution in [1.29, 1.82) is 0 Å². The van der Waals surface area contributed by atoms with Crippen molar-refractivity contribution in [3.63, 3.8) is 0 Å². The number of aromatic nitrogens is 2. The number of rotatable bonds is 4. The summed E-state index contributed by atoms with van der Waals surface area (Å²) < 4.78 is 0.772. The first-order valence-electron chi connectivity index (χ1n) is 6.24. The van der Waals surface area contributed by atoms with Crippen LogP contribution in [0.2, 0.25) is 4.34 Å². The standard InChI is InChI=1S/C13H13ClN4OS/c14-11-4-3-8(20-11)7-16-12-6-10(17-18-12)9-2-1-5-15-13(9)19/h2-4,6H,1,5,7H2,(H,15,19)(H2,16,17,18). The van der Waals surface area contributed by atoms with Crippen LogP contribution in [0, 0.1) is 0 Å². The number of hydrogen-bond acceptors (Lipinski definition) is 4. The lowest BCUT2D eigenvalue weighted by atomic mass is 10.1. The number of amides is 1. The molecule has 20 heavy (non-hydrogen) atoms. The second-order valence-corrected chi connectivity index (χ2v) is 6.19. The molecule has 5 nitrogen and oxygen atoms in total. The van der Waals surface area contributed by atoms with Crippen LogP contribution in [0.1, 0.15) is 17.0 Å². The molecule has 0 radical (unpaired) electrons. The van der Waals surface area contributed by atoms with Crippen molar-refractivity contribution in [2.24, 2.45) is 0 Å². The Morgan fingerprint density at radius 1 is 1.45 bits per heavy atom. The lowest BCUT2D eigenvalue weighted by Crippen LogP contribution is -2.28. The molecule has 0 saturated heterocycles. The van der Waals surface area contributed by atoms with Gasteiger partial charge in [-0.25, -0.2) is 0 Å². The number of halogens is 1. The van der Waals surface area contributed by atoms with Crippen LogP contribution in [-0.4, -0.2) is 22.6 Å². The third-order valence-corrected chi connectivity index (χ3v) is 4.19. The highest BCUT2D eigenvalue weighted by atomic mass is 35.5. The van der Waals surface area contributed by atoms with Gasteiger partial charge in [-0.2, -0.15) is 5.10 Å². The molecule has 2 aromatic rings. The summed E-state index contributed by atoms with van der Waals surface area (Å²) in [6.45, 7) is 1.35. The number of H-pyrrole nitrogens is 1. The topological polar surface area (TPSA) is 69.8 Å². The maximum atomic E-state index is 11.7. The Balaban J connectivity index is 1.67. The number of nitrogens with zero attached hydrogens (tertiary/aromatic N) is 1. The van der Waals surface area contributed by atoms with Crippen molar-refractivity contribution >= 4 is 40.2 Å². The summed E-state index contributed by atoms with van der Waals surface area (Å²) in [4.78, 5) is 12.9. The van der Waals surface area contributed by atoms with Gasteiger partial charge in [-0.15, -0.1) is 11.3 Å². The summed E-state index contributed by atoms with van der Waals surface area (Å²) in [5.74, 6) is 0.653. The predicted octanol–water partition coefficient (Wildman–Crippen LogP) is 2.64. The molecule has 104 valence electrons. The minimum atomic E-state index is -0.0588. The minimum absolute atomic E-state index is 0.0588. The first kappa shape index (κ1) is 13.2. The van der Waals surface area contributed by atoms with Crippen LogP contribution >= 0.6 is 22.9 Å². The van der Waals surface area contributed by atoms with E-state index >= 15 is 0 Å². The predicted molar refractivity (Wildman–Crippen MR) is 80.8 cm³/mol. The van der Waals surface area contributed by atoms with Gasteiger partial charge < -0.3 is 10.6 Å². The highest BCUT2D eigenvalue weighted by molar-refractivity contribution is 7.16. The SMILES string of the molecule is O=C1NCCC=C1c1cc(NCc2ccc(Cl)s2)n[nH]1. The fourth-order valence-electron chi connectivity index (χ4n) is 2.00. The van der Waals surface area contributed by atoms with Crippen molar-refractivity contribution in [1.82, 2.24) is 15.5 Å². The van der Waals surface area contributed by atoms with Gasteiger partial charge in [-0.1, -0.05) is 17.7 Å². The van der Waals surface area contributed by atoms with Crippen LogP contribution in [0.25, 0.3) is 5.57 Å². The van der Waals surface area contributed by atoms with E-state index in [1.165, 1.54) is 11.3 Å². The first-order chi connectivity index (χ1) is 9.72. The zero-order valence-electron chi connectivity index (χ0n) is 10.6. The normalized spacial score (nSPS) is 14.8. The lowest BCUT2D eigenvalue weighted by molar-refractivity contribution is -0.115. The summed E-state index contributed by atoms with van der Waals surface area (Å²) in [5, 5.41) is 13.1. The van der Waals surface area contributed by atoms with E-state index in [0.29, 0.717) is 24.5 Å². The van der Waals surface area contributed by atoms with Gasteiger partial charge in [0.1, 0.15) is 5.82 Å². The molecule has 0 fully saturated rings. The summed E-state index contributed by atoms with van der Waals surface area (Å²) in [6, 6.07) is 5.69. The molecule has 0 aromatic carbocycles. The highest BCUT2D eigenvalue weighted by Crippen LogP contribution is 2.23. The molecule has 0 spiro atoms. The van der Waals surface area contributed by atoms with Gasteiger partial charge in [0, 0.05) is 17.5 Å². The number of aromatic amines is 1. The van der Waals surface area contributed by atoms with Gasteiger partial charge in [-0.3, -0.25) is 9.89 Å². The third kappa shape index (κ3) is 2.86. The van der Waals surface area contributed by atoms with Crippen LogP contribution in [0.3, 0.4) is 0 Å². The molecular weight excluding hydrogens is 296 g/mol. The fraction of sp³-hybridized carbons (Fsp3) is 0.231. The average Bonchev–Trinajstić information content (AvgIpc) is 3.06. The maximum absolute atomic E-state index is 11.7. The van der Waals surface area contributed by atoms with Crippen molar-refractivity contribution in [2.75, 3.05) is 11.9 Å². The highest BCUT2D eigenvalue weighted by Gasteiger charge is 2.16. The van der Waals surface area contributed by atoms with Crippen molar-refractivity contribution < 1.29 is 4.79 Å². The van der Waals surface area contributed by atoms with Gasteiger partial charge in [0.05, 0.1) is 22.1 Å². The summed E-state index contributed by atoms with van der Waals surface area (Å²) in [7, 11) is 0. The number of nitrogens with one attached hydrogen (secondary N) is 3. The molecule has 1 amide bonds. The van der Waals surface area contributed by atoms with E-state index < -0.39 is 0 Å². The van der Waals surface area contributed by atoms with E-state index in [-0.39, 0.29) is 5.91 Å². The Bertz CT molecular complexity index is 661. The molecule has 1 aliphatic heterocycles. The second-order valence-electron chi connectivity index (χ2n) is 4.39. The zero-order valence-corrected chi connectivity index (χ0v) is 12.1. The Kier molecular flexibility index (Phi) is 3.75. The largest absolute Gasteiger partial charge is 0.364 e. The van der Waals surface area contributed by atoms with E-state index in [0.717, 1.165) is 21.3 Å². The number of carbonyl (C=O) groups is 1. The molecule has 0 aliphatic carbocycles. The van der Waals surface area contributed by atoms with Crippen LogP contribution in [0.5, 0.6) is 0 Å². The van der Waals surface area contributed by atoms with Crippen molar-refractivity contribution in [2.45, 2.75) is 13.0 Å². The second kappa shape index (κ2) is 5.68. The van der Waals surface area contributed by atoms with Gasteiger partial charge in [0.25, 0.3) is 5.91 Å². The Hall–Kier alpha value is -1.79. The van der Waals surface area contributed by atoms with E-state index in [1.54, 1.807) is 0 Å². The number of hydrogen-bond donors (Lipinski definition) is 3. The van der Waals surface area contributed by atoms with Crippen molar-refractivity contribution in [3.8, 4) is 0 Å². The number of anilines is 1. The average molecular weight is 309 g/mol. The minimum Gasteiger partial charge on any atom is -0.364 e. The van der Waals surface area contributed by atoms with Crippen molar-refractivity contribution in [3.05, 3.63) is 39.2 Å². The number of carbonyl (C=O) groups excluding carboxylic acids is 1. The van der Waals surface area contributed by atoms with Gasteiger partial charge in [0.15, 0.2) is 0 Å². The molecular formula is C13H13ClN4OS. The molecule has 0 unspecified atom stereocenters. The molecule has 0 saturated carbocycles. The van der Waals surface area contributed by atoms with Crippen LogP contribution in [-0.2, 0) is 11.3 Å². The van der Waals surface area contributed by atoms with Crippen LogP contribution in [0.4, 0.5) is 5.82 Å². The molecule has 0 bridgehead atoms. The third-order valence-electron chi connectivity index (χ3n) is 2.96. The van der Waals surface area contributed by atoms with E-state index in [4.69, 9.17) is 11.6 Å². The molecule has 3 N–H and O–H groups in total. The molecule has 1 aliphatic rings. The lowest BCUT2D eigenvalue weighted by Gasteiger charge is -2.11.